The van der Waals surface area contributed by atoms with Gasteiger partial charge in [0.05, 0.1) is 19.5 Å². The molecule has 2 fully saturated rings. The molecule has 3 rings (SSSR count). The number of ether oxygens (including phenoxy) is 2. The van der Waals surface area contributed by atoms with Gasteiger partial charge in [-0.2, -0.15) is 0 Å². The van der Waals surface area contributed by atoms with Crippen molar-refractivity contribution in [3.8, 4) is 0 Å². The second-order valence-corrected chi connectivity index (χ2v) is 5.28. The molecule has 2 bridgehead atoms. The Hall–Kier alpha value is -1.59. The fourth-order valence-electron chi connectivity index (χ4n) is 3.13. The van der Waals surface area contributed by atoms with Gasteiger partial charge in [-0.3, -0.25) is 4.79 Å². The van der Waals surface area contributed by atoms with E-state index in [1.54, 1.807) is 0 Å². The first kappa shape index (κ1) is 11.0. The van der Waals surface area contributed by atoms with Gasteiger partial charge in [0.1, 0.15) is 12.0 Å². The predicted molar refractivity (Wildman–Crippen MR) is 83.0 cm³/mol. The summed E-state index contributed by atoms with van der Waals surface area (Å²) in [6, 6.07) is -3.08. The van der Waals surface area contributed by atoms with E-state index in [1.807, 2.05) is 0 Å². The Morgan fingerprint density at radius 2 is 2.00 bits per heavy atom. The van der Waals surface area contributed by atoms with Crippen molar-refractivity contribution in [1.82, 2.24) is 5.32 Å². The summed E-state index contributed by atoms with van der Waals surface area (Å²) < 4.78 is 48.9. The van der Waals surface area contributed by atoms with E-state index < -0.39 is 59.7 Å². The lowest BCUT2D eigenvalue weighted by Crippen LogP contribution is -2.53. The Kier molecular flexibility index (Phi) is 3.56. The molecule has 2 saturated heterocycles. The van der Waals surface area contributed by atoms with Gasteiger partial charge < -0.3 is 14.8 Å². The Morgan fingerprint density at radius 3 is 2.68 bits per heavy atom. The maximum Gasteiger partial charge on any atom is 0.338 e. The number of hydrogen-bond donors (Lipinski definition) is 1. The third-order valence-corrected chi connectivity index (χ3v) is 4.06. The number of nitrogens with one attached hydrogen (secondary N) is 1. The van der Waals surface area contributed by atoms with Gasteiger partial charge in [-0.25, -0.2) is 4.79 Å². The van der Waals surface area contributed by atoms with Gasteiger partial charge >= 0.3 is 11.9 Å². The normalized spacial score (nSPS) is 32.5. The molecule has 0 spiro atoms. The lowest BCUT2D eigenvalue weighted by atomic mass is 9.89. The van der Waals surface area contributed by atoms with Crippen molar-refractivity contribution in [3.05, 3.63) is 35.8 Å². The SMILES string of the molecule is Cl.[2H]c1c([2H])c([2H])c(C(=O)OC2C[C@@H]3CC[C@@H](N3)C2C(=O)OC)c([2H])c1[2H]. The summed E-state index contributed by atoms with van der Waals surface area (Å²) in [6.45, 7) is 0. The molecule has 0 radical (unpaired) electrons. The predicted octanol–water partition coefficient (Wildman–Crippen LogP) is 1.95. The molecule has 0 saturated carbocycles. The van der Waals surface area contributed by atoms with Gasteiger partial charge in [0.25, 0.3) is 0 Å². The van der Waals surface area contributed by atoms with Crippen molar-refractivity contribution in [2.75, 3.05) is 7.11 Å². The minimum Gasteiger partial charge on any atom is -0.469 e. The summed E-state index contributed by atoms with van der Waals surface area (Å²) in [6.07, 6.45) is 1.24. The smallest absolute Gasteiger partial charge is 0.338 e. The fourth-order valence-corrected chi connectivity index (χ4v) is 3.13. The summed E-state index contributed by atoms with van der Waals surface area (Å²) in [5, 5.41) is 3.30. The minimum atomic E-state index is -1.03. The second-order valence-electron chi connectivity index (χ2n) is 5.28. The molecule has 0 aromatic heterocycles. The molecular weight excluding hydrogens is 306 g/mol. The third-order valence-electron chi connectivity index (χ3n) is 4.06. The number of piperidine rings is 1. The highest BCUT2D eigenvalue weighted by molar-refractivity contribution is 5.89. The number of rotatable bonds is 3. The summed E-state index contributed by atoms with van der Waals surface area (Å²) in [4.78, 5) is 24.8. The average Bonchev–Trinajstić information content (AvgIpc) is 2.99. The van der Waals surface area contributed by atoms with Crippen molar-refractivity contribution in [2.24, 2.45) is 5.92 Å². The molecule has 1 aromatic rings. The monoisotopic (exact) mass is 330 g/mol. The molecule has 1 N–H and O–H groups in total. The van der Waals surface area contributed by atoms with Crippen molar-refractivity contribution < 1.29 is 25.9 Å². The first-order chi connectivity index (χ1) is 12.3. The Balaban J connectivity index is 0.00000261. The van der Waals surface area contributed by atoms with Crippen molar-refractivity contribution >= 4 is 24.3 Å². The number of esters is 2. The molecule has 2 aliphatic rings. The van der Waals surface area contributed by atoms with Gasteiger partial charge in [0, 0.05) is 18.5 Å². The first-order valence-electron chi connectivity index (χ1n) is 9.38. The zero-order chi connectivity index (χ0) is 19.2. The Bertz CT molecular complexity index is 749. The third kappa shape index (κ3) is 3.25. The molecule has 4 atom stereocenters. The minimum absolute atomic E-state index is 0. The van der Waals surface area contributed by atoms with Gasteiger partial charge in [-0.1, -0.05) is 18.1 Å². The van der Waals surface area contributed by atoms with E-state index >= 15 is 0 Å². The number of carbonyl (C=O) groups is 2. The van der Waals surface area contributed by atoms with Crippen molar-refractivity contribution in [3.63, 3.8) is 0 Å². The fraction of sp³-hybridized carbons (Fsp3) is 0.500. The van der Waals surface area contributed by atoms with Crippen LogP contribution in [0.5, 0.6) is 0 Å². The van der Waals surface area contributed by atoms with Crippen LogP contribution < -0.4 is 5.32 Å². The second kappa shape index (κ2) is 7.11. The highest BCUT2D eigenvalue weighted by Crippen LogP contribution is 2.34. The van der Waals surface area contributed by atoms with Gasteiger partial charge in [0.15, 0.2) is 0 Å². The molecule has 22 heavy (non-hydrogen) atoms. The summed E-state index contributed by atoms with van der Waals surface area (Å²) in [7, 11) is 1.26. The average molecular weight is 331 g/mol. The lowest BCUT2D eigenvalue weighted by Gasteiger charge is -2.35. The van der Waals surface area contributed by atoms with Crippen molar-refractivity contribution in [1.29, 1.82) is 0 Å². The van der Waals surface area contributed by atoms with Crippen LogP contribution in [-0.4, -0.2) is 37.2 Å². The van der Waals surface area contributed by atoms with Crippen LogP contribution in [0.3, 0.4) is 0 Å². The highest BCUT2D eigenvalue weighted by Gasteiger charge is 2.47. The van der Waals surface area contributed by atoms with Crippen LogP contribution in [-0.2, 0) is 14.3 Å². The maximum absolute atomic E-state index is 12.6. The van der Waals surface area contributed by atoms with Gasteiger partial charge in [-0.05, 0) is 24.9 Å². The van der Waals surface area contributed by atoms with Crippen LogP contribution >= 0.6 is 12.4 Å². The van der Waals surface area contributed by atoms with E-state index in [1.165, 1.54) is 7.11 Å². The lowest BCUT2D eigenvalue weighted by molar-refractivity contribution is -0.152. The molecule has 0 aliphatic carbocycles. The molecule has 2 unspecified atom stereocenters. The molecule has 5 nitrogen and oxygen atoms in total. The zero-order valence-corrected chi connectivity index (χ0v) is 12.8. The number of benzene rings is 1. The molecule has 120 valence electrons. The Labute approximate surface area is 142 Å². The topological polar surface area (TPSA) is 64.6 Å². The van der Waals surface area contributed by atoms with Crippen LogP contribution in [0.1, 0.15) is 36.5 Å². The number of methoxy groups -OCH3 is 1. The van der Waals surface area contributed by atoms with Crippen LogP contribution in [0.2, 0.25) is 0 Å². The molecule has 2 heterocycles. The molecule has 0 amide bonds. The summed E-state index contributed by atoms with van der Waals surface area (Å²) in [5.74, 6) is -2.21. The quantitative estimate of drug-likeness (QED) is 0.858. The van der Waals surface area contributed by atoms with E-state index in [0.29, 0.717) is 6.42 Å². The molecular formula is C16H20ClNO4. The van der Waals surface area contributed by atoms with Crippen LogP contribution in [0.25, 0.3) is 0 Å². The number of carbonyl (C=O) groups excluding carboxylic acids is 2. The van der Waals surface area contributed by atoms with Gasteiger partial charge in [-0.15, -0.1) is 12.4 Å². The van der Waals surface area contributed by atoms with E-state index in [0.717, 1.165) is 12.8 Å². The van der Waals surface area contributed by atoms with E-state index in [4.69, 9.17) is 16.3 Å². The number of halogens is 1. The van der Waals surface area contributed by atoms with Gasteiger partial charge in [0.2, 0.25) is 0 Å². The first-order valence-corrected chi connectivity index (χ1v) is 6.88. The van der Waals surface area contributed by atoms with Crippen LogP contribution in [0.15, 0.2) is 30.2 Å². The highest BCUT2D eigenvalue weighted by atomic mass is 35.5. The van der Waals surface area contributed by atoms with E-state index in [2.05, 4.69) is 5.32 Å². The largest absolute Gasteiger partial charge is 0.469 e. The van der Waals surface area contributed by atoms with Crippen LogP contribution in [0.4, 0.5) is 0 Å². The molecule has 2 aliphatic heterocycles. The zero-order valence-electron chi connectivity index (χ0n) is 17.0. The summed E-state index contributed by atoms with van der Waals surface area (Å²) in [5.41, 5.74) is -0.523. The van der Waals surface area contributed by atoms with E-state index in [9.17, 15) is 9.59 Å². The Morgan fingerprint density at radius 1 is 1.27 bits per heavy atom. The molecule has 1 aromatic carbocycles. The number of hydrogen-bond acceptors (Lipinski definition) is 5. The van der Waals surface area contributed by atoms with Crippen molar-refractivity contribution in [2.45, 2.75) is 37.5 Å². The summed E-state index contributed by atoms with van der Waals surface area (Å²) >= 11 is 0. The standard InChI is InChI=1S/C16H19NO4.ClH/c1-20-16(19)14-12-8-7-11(17-12)9-13(14)21-15(18)10-5-3-2-4-6-10;/h2-6,11-14,17H,7-9H2,1H3;1H/t11-,12+,13?,14?;/m0./s1/i2D,3D,4D,5D,6D;. The van der Waals surface area contributed by atoms with E-state index in [-0.39, 0.29) is 24.5 Å². The number of fused-ring (bicyclic) bond motifs is 2. The molecule has 6 heteroatoms. The maximum atomic E-state index is 12.6. The van der Waals surface area contributed by atoms with Crippen LogP contribution in [0, 0.1) is 5.92 Å².